The fourth-order valence-electron chi connectivity index (χ4n) is 0.741. The second-order valence-corrected chi connectivity index (χ2v) is 2.92. The Morgan fingerprint density at radius 2 is 2.18 bits per heavy atom. The van der Waals surface area contributed by atoms with E-state index in [1.165, 1.54) is 6.07 Å². The van der Waals surface area contributed by atoms with Crippen LogP contribution in [0.4, 0.5) is 5.69 Å². The van der Waals surface area contributed by atoms with Crippen molar-refractivity contribution >= 4 is 20.2 Å². The van der Waals surface area contributed by atoms with E-state index in [4.69, 9.17) is 0 Å². The highest BCUT2D eigenvalue weighted by molar-refractivity contribution is 7.27. The molecule has 0 amide bonds. The number of benzene rings is 1. The number of non-ortho nitro benzene ring substituents is 1. The van der Waals surface area contributed by atoms with Crippen LogP contribution in [0.25, 0.3) is 0 Å². The van der Waals surface area contributed by atoms with Crippen LogP contribution in [0.1, 0.15) is 5.56 Å². The Morgan fingerprint density at radius 1 is 1.55 bits per heavy atom. The molecule has 1 unspecified atom stereocenters. The zero-order chi connectivity index (χ0) is 8.43. The predicted molar refractivity (Wildman–Crippen MR) is 47.2 cm³/mol. The lowest BCUT2D eigenvalue weighted by Crippen LogP contribution is -1.98. The van der Waals surface area contributed by atoms with Gasteiger partial charge < -0.3 is 0 Å². The summed E-state index contributed by atoms with van der Waals surface area (Å²) in [4.78, 5) is 9.86. The summed E-state index contributed by atoms with van der Waals surface area (Å²) in [5.41, 5.74) is 1.18. The van der Waals surface area contributed by atoms with Gasteiger partial charge in [0.05, 0.1) is 4.92 Å². The van der Waals surface area contributed by atoms with Gasteiger partial charge in [-0.1, -0.05) is 6.07 Å². The van der Waals surface area contributed by atoms with Gasteiger partial charge in [-0.25, -0.2) is 0 Å². The number of nitrogens with zero attached hydrogens (tertiary/aromatic N) is 1. The standard InChI is InChI=1S/C7H8NO2P/c1-5-2-3-6(8(9)10)4-7(5)11/h2-4H,11H2,1H3. The van der Waals surface area contributed by atoms with Crippen LogP contribution in [0.5, 0.6) is 0 Å². The van der Waals surface area contributed by atoms with Crippen LogP contribution < -0.4 is 5.30 Å². The molecule has 0 saturated carbocycles. The molecule has 0 N–H and O–H groups in total. The molecule has 0 fully saturated rings. The van der Waals surface area contributed by atoms with Crippen molar-refractivity contribution in [1.82, 2.24) is 0 Å². The normalized spacial score (nSPS) is 9.64. The van der Waals surface area contributed by atoms with Crippen LogP contribution in [0.2, 0.25) is 0 Å². The minimum atomic E-state index is -0.396. The van der Waals surface area contributed by atoms with Gasteiger partial charge in [0.25, 0.3) is 5.69 Å². The van der Waals surface area contributed by atoms with Crippen LogP contribution in [0.15, 0.2) is 18.2 Å². The predicted octanol–water partition coefficient (Wildman–Crippen LogP) is 1.40. The van der Waals surface area contributed by atoms with Crippen molar-refractivity contribution in [3.05, 3.63) is 33.9 Å². The first kappa shape index (κ1) is 8.15. The van der Waals surface area contributed by atoms with Crippen molar-refractivity contribution < 1.29 is 4.92 Å². The molecule has 1 aromatic carbocycles. The fourth-order valence-corrected chi connectivity index (χ4v) is 1.01. The molecule has 58 valence electrons. The molecule has 0 spiro atoms. The van der Waals surface area contributed by atoms with Crippen molar-refractivity contribution in [2.75, 3.05) is 0 Å². The second kappa shape index (κ2) is 2.97. The first-order valence-electron chi connectivity index (χ1n) is 3.12. The molecular formula is C7H8NO2P. The van der Waals surface area contributed by atoms with E-state index in [1.807, 2.05) is 6.92 Å². The fraction of sp³-hybridized carbons (Fsp3) is 0.143. The SMILES string of the molecule is Cc1ccc([N+](=O)[O-])cc1P. The maximum atomic E-state index is 10.3. The minimum absolute atomic E-state index is 0.139. The van der Waals surface area contributed by atoms with Crippen molar-refractivity contribution in [2.45, 2.75) is 6.92 Å². The van der Waals surface area contributed by atoms with Gasteiger partial charge in [0.15, 0.2) is 0 Å². The number of hydrogen-bond donors (Lipinski definition) is 0. The van der Waals surface area contributed by atoms with Gasteiger partial charge in [-0.3, -0.25) is 10.1 Å². The third kappa shape index (κ3) is 1.75. The molecule has 0 aliphatic rings. The Kier molecular flexibility index (Phi) is 2.20. The molecule has 0 aliphatic carbocycles. The minimum Gasteiger partial charge on any atom is -0.258 e. The highest BCUT2D eigenvalue weighted by Gasteiger charge is 2.04. The van der Waals surface area contributed by atoms with Crippen molar-refractivity contribution in [1.29, 1.82) is 0 Å². The third-order valence-corrected chi connectivity index (χ3v) is 2.10. The Morgan fingerprint density at radius 3 is 2.64 bits per heavy atom. The Balaban J connectivity index is 3.15. The largest absolute Gasteiger partial charge is 0.270 e. The summed E-state index contributed by atoms with van der Waals surface area (Å²) in [6, 6.07) is 4.78. The molecule has 0 bridgehead atoms. The average Bonchev–Trinajstić information content (AvgIpc) is 1.94. The van der Waals surface area contributed by atoms with Gasteiger partial charge in [-0.15, -0.1) is 9.24 Å². The molecule has 0 aromatic heterocycles. The van der Waals surface area contributed by atoms with E-state index in [-0.39, 0.29) is 5.69 Å². The highest BCUT2D eigenvalue weighted by Crippen LogP contribution is 2.11. The summed E-state index contributed by atoms with van der Waals surface area (Å²) in [5.74, 6) is 0. The Bertz CT molecular complexity index is 298. The van der Waals surface area contributed by atoms with E-state index in [2.05, 4.69) is 9.24 Å². The van der Waals surface area contributed by atoms with E-state index in [0.29, 0.717) is 0 Å². The smallest absolute Gasteiger partial charge is 0.258 e. The maximum absolute atomic E-state index is 10.3. The molecule has 4 heteroatoms. The molecule has 1 aromatic rings. The highest BCUT2D eigenvalue weighted by atomic mass is 31.0. The van der Waals surface area contributed by atoms with E-state index >= 15 is 0 Å². The molecule has 0 aliphatic heterocycles. The monoisotopic (exact) mass is 169 g/mol. The van der Waals surface area contributed by atoms with Gasteiger partial charge >= 0.3 is 0 Å². The van der Waals surface area contributed by atoms with Crippen LogP contribution in [-0.2, 0) is 0 Å². The molecule has 0 saturated heterocycles. The number of hydrogen-bond acceptors (Lipinski definition) is 2. The summed E-state index contributed by atoms with van der Waals surface area (Å²) < 4.78 is 0. The number of nitro benzene ring substituents is 1. The quantitative estimate of drug-likeness (QED) is 0.362. The molecule has 11 heavy (non-hydrogen) atoms. The topological polar surface area (TPSA) is 43.1 Å². The first-order valence-corrected chi connectivity index (χ1v) is 3.69. The van der Waals surface area contributed by atoms with Crippen LogP contribution >= 0.6 is 9.24 Å². The summed E-state index contributed by atoms with van der Waals surface area (Å²) in [7, 11) is 2.46. The zero-order valence-electron chi connectivity index (χ0n) is 6.07. The average molecular weight is 169 g/mol. The Hall–Kier alpha value is -0.950. The molecular weight excluding hydrogens is 161 g/mol. The van der Waals surface area contributed by atoms with E-state index < -0.39 is 4.92 Å². The zero-order valence-corrected chi connectivity index (χ0v) is 7.23. The number of rotatable bonds is 1. The number of aryl methyl sites for hydroxylation is 1. The lowest BCUT2D eigenvalue weighted by molar-refractivity contribution is -0.384. The van der Waals surface area contributed by atoms with Crippen molar-refractivity contribution in [2.24, 2.45) is 0 Å². The van der Waals surface area contributed by atoms with Gasteiger partial charge in [-0.05, 0) is 17.8 Å². The van der Waals surface area contributed by atoms with E-state index in [0.717, 1.165) is 10.9 Å². The molecule has 1 rings (SSSR count). The number of nitro groups is 1. The first-order chi connectivity index (χ1) is 5.11. The third-order valence-electron chi connectivity index (χ3n) is 1.47. The molecule has 0 heterocycles. The maximum Gasteiger partial charge on any atom is 0.270 e. The van der Waals surface area contributed by atoms with E-state index in [1.54, 1.807) is 12.1 Å². The van der Waals surface area contributed by atoms with Crippen LogP contribution in [0, 0.1) is 17.0 Å². The summed E-state index contributed by atoms with van der Waals surface area (Å²) in [5, 5.41) is 11.1. The summed E-state index contributed by atoms with van der Waals surface area (Å²) >= 11 is 0. The van der Waals surface area contributed by atoms with Gasteiger partial charge in [0, 0.05) is 12.1 Å². The van der Waals surface area contributed by atoms with Gasteiger partial charge in [0.2, 0.25) is 0 Å². The second-order valence-electron chi connectivity index (χ2n) is 2.30. The van der Waals surface area contributed by atoms with Crippen LogP contribution in [0.3, 0.4) is 0 Å². The Labute approximate surface area is 66.8 Å². The molecule has 0 radical (unpaired) electrons. The van der Waals surface area contributed by atoms with Crippen LogP contribution in [-0.4, -0.2) is 4.92 Å². The molecule has 1 atom stereocenters. The summed E-state index contributed by atoms with van der Waals surface area (Å²) in [6.07, 6.45) is 0. The molecule has 3 nitrogen and oxygen atoms in total. The van der Waals surface area contributed by atoms with E-state index in [9.17, 15) is 10.1 Å². The lowest BCUT2D eigenvalue weighted by Gasteiger charge is -1.96. The summed E-state index contributed by atoms with van der Waals surface area (Å²) in [6.45, 7) is 1.91. The lowest BCUT2D eigenvalue weighted by atomic mass is 10.2. The van der Waals surface area contributed by atoms with Crippen molar-refractivity contribution in [3.8, 4) is 0 Å². The van der Waals surface area contributed by atoms with Gasteiger partial charge in [-0.2, -0.15) is 0 Å². The van der Waals surface area contributed by atoms with Gasteiger partial charge in [0.1, 0.15) is 0 Å². The van der Waals surface area contributed by atoms with Crippen molar-refractivity contribution in [3.63, 3.8) is 0 Å².